The summed E-state index contributed by atoms with van der Waals surface area (Å²) in [7, 11) is 0. The van der Waals surface area contributed by atoms with Gasteiger partial charge in [0.15, 0.2) is 0 Å². The van der Waals surface area contributed by atoms with Crippen molar-refractivity contribution in [3.63, 3.8) is 0 Å². The maximum atomic E-state index is 2.42. The fourth-order valence-electron chi connectivity index (χ4n) is 2.54. The van der Waals surface area contributed by atoms with Crippen LogP contribution in [0.2, 0.25) is 0 Å². The Morgan fingerprint density at radius 2 is 1.05 bits per heavy atom. The Hall–Kier alpha value is -1.04. The lowest BCUT2D eigenvalue weighted by molar-refractivity contribution is 0.805. The highest BCUT2D eigenvalue weighted by molar-refractivity contribution is 5.07. The van der Waals surface area contributed by atoms with E-state index < -0.39 is 0 Å². The first-order chi connectivity index (χ1) is 10.3. The Morgan fingerprint density at radius 3 is 1.45 bits per heavy atom. The van der Waals surface area contributed by atoms with Crippen LogP contribution in [0.15, 0.2) is 46.6 Å². The highest BCUT2D eigenvalue weighted by atomic mass is 14.0. The number of rotatable bonds is 10. The molecule has 0 aliphatic rings. The van der Waals surface area contributed by atoms with E-state index in [0.717, 1.165) is 0 Å². The van der Waals surface area contributed by atoms with E-state index >= 15 is 0 Å². The highest BCUT2D eigenvalue weighted by Gasteiger charge is 1.94. The second-order valence-electron chi connectivity index (χ2n) is 7.26. The largest absolute Gasteiger partial charge is 0.0856 e. The molecule has 0 bridgehead atoms. The molecule has 0 rings (SSSR count). The standard InChI is InChI=1S/C22H38/c1-18(2)11-8-12-20(5)13-9-14-21(6)15-10-16-22(7)17-19(3)4/h11,13,15,17,19H,8-10,12,14,16H2,1-7H3/b20-13+,21-15+,22-17+. The molecule has 0 amide bonds. The van der Waals surface area contributed by atoms with Crippen molar-refractivity contribution in [3.8, 4) is 0 Å². The molecule has 0 heterocycles. The van der Waals surface area contributed by atoms with Crippen molar-refractivity contribution in [2.24, 2.45) is 5.92 Å². The van der Waals surface area contributed by atoms with Gasteiger partial charge >= 0.3 is 0 Å². The summed E-state index contributed by atoms with van der Waals surface area (Å²) in [4.78, 5) is 0. The lowest BCUT2D eigenvalue weighted by Crippen LogP contribution is -1.84. The van der Waals surface area contributed by atoms with Crippen molar-refractivity contribution < 1.29 is 0 Å². The minimum absolute atomic E-state index is 0.671. The molecule has 0 aromatic carbocycles. The predicted molar refractivity (Wildman–Crippen MR) is 103 cm³/mol. The second-order valence-corrected chi connectivity index (χ2v) is 7.26. The van der Waals surface area contributed by atoms with E-state index in [-0.39, 0.29) is 0 Å². The van der Waals surface area contributed by atoms with Crippen molar-refractivity contribution in [2.45, 2.75) is 87.0 Å². The van der Waals surface area contributed by atoms with Crippen molar-refractivity contribution in [3.05, 3.63) is 46.6 Å². The molecule has 126 valence electrons. The van der Waals surface area contributed by atoms with Gasteiger partial charge in [-0.25, -0.2) is 0 Å². The van der Waals surface area contributed by atoms with Crippen molar-refractivity contribution in [1.29, 1.82) is 0 Å². The molecule has 0 aromatic rings. The minimum atomic E-state index is 0.671. The summed E-state index contributed by atoms with van der Waals surface area (Å²) in [5.74, 6) is 0.671. The van der Waals surface area contributed by atoms with Gasteiger partial charge in [0.05, 0.1) is 0 Å². The van der Waals surface area contributed by atoms with Gasteiger partial charge in [0.1, 0.15) is 0 Å². The molecule has 0 saturated carbocycles. The lowest BCUT2D eigenvalue weighted by Gasteiger charge is -2.03. The lowest BCUT2D eigenvalue weighted by atomic mass is 10.0. The molecule has 0 aliphatic carbocycles. The zero-order valence-corrected chi connectivity index (χ0v) is 16.1. The van der Waals surface area contributed by atoms with Gasteiger partial charge in [0, 0.05) is 0 Å². The number of hydrogen-bond donors (Lipinski definition) is 0. The van der Waals surface area contributed by atoms with Crippen LogP contribution in [0.1, 0.15) is 87.0 Å². The van der Waals surface area contributed by atoms with Crippen molar-refractivity contribution in [1.82, 2.24) is 0 Å². The van der Waals surface area contributed by atoms with Gasteiger partial charge in [-0.05, 0) is 79.1 Å². The van der Waals surface area contributed by atoms with Crippen LogP contribution in [-0.2, 0) is 0 Å². The average Bonchev–Trinajstić information content (AvgIpc) is 2.37. The molecule has 0 unspecified atom stereocenters. The molecule has 0 heteroatoms. The summed E-state index contributed by atoms with van der Waals surface area (Å²) in [5, 5.41) is 0. The van der Waals surface area contributed by atoms with Crippen molar-refractivity contribution >= 4 is 0 Å². The molecular formula is C22H38. The van der Waals surface area contributed by atoms with Crippen LogP contribution in [0.5, 0.6) is 0 Å². The Kier molecular flexibility index (Phi) is 11.9. The van der Waals surface area contributed by atoms with Gasteiger partial charge in [-0.15, -0.1) is 0 Å². The van der Waals surface area contributed by atoms with E-state index in [0.29, 0.717) is 5.92 Å². The molecular weight excluding hydrogens is 264 g/mol. The molecule has 0 N–H and O–H groups in total. The van der Waals surface area contributed by atoms with Gasteiger partial charge in [0.25, 0.3) is 0 Å². The SMILES string of the molecule is CC(C)=CCC/C(C)=C/CC/C(C)=C/CC/C(C)=C/C(C)C. The molecule has 0 fully saturated rings. The third-order valence-electron chi connectivity index (χ3n) is 3.77. The Morgan fingerprint density at radius 1 is 0.636 bits per heavy atom. The van der Waals surface area contributed by atoms with Crippen LogP contribution in [0.3, 0.4) is 0 Å². The van der Waals surface area contributed by atoms with Gasteiger partial charge in [-0.2, -0.15) is 0 Å². The van der Waals surface area contributed by atoms with Gasteiger partial charge in [-0.1, -0.05) is 60.4 Å². The van der Waals surface area contributed by atoms with E-state index in [9.17, 15) is 0 Å². The van der Waals surface area contributed by atoms with Crippen LogP contribution in [-0.4, -0.2) is 0 Å². The van der Waals surface area contributed by atoms with Crippen LogP contribution in [0, 0.1) is 5.92 Å². The second kappa shape index (κ2) is 12.5. The third kappa shape index (κ3) is 13.9. The zero-order valence-electron chi connectivity index (χ0n) is 16.1. The highest BCUT2D eigenvalue weighted by Crippen LogP contribution is 2.14. The average molecular weight is 303 g/mol. The van der Waals surface area contributed by atoms with E-state index in [1.54, 1.807) is 0 Å². The summed E-state index contributed by atoms with van der Waals surface area (Å²) in [6.45, 7) is 15.6. The molecule has 0 radical (unpaired) electrons. The Balaban J connectivity index is 3.99. The van der Waals surface area contributed by atoms with Gasteiger partial charge in [-0.3, -0.25) is 0 Å². The monoisotopic (exact) mass is 302 g/mol. The van der Waals surface area contributed by atoms with Gasteiger partial charge in [0.2, 0.25) is 0 Å². The maximum Gasteiger partial charge on any atom is -0.0288 e. The molecule has 0 aliphatic heterocycles. The third-order valence-corrected chi connectivity index (χ3v) is 3.77. The summed E-state index contributed by atoms with van der Waals surface area (Å²) in [5.41, 5.74) is 6.01. The normalized spacial score (nSPS) is 13.7. The first-order valence-electron chi connectivity index (χ1n) is 8.93. The summed E-state index contributed by atoms with van der Waals surface area (Å²) >= 11 is 0. The first-order valence-corrected chi connectivity index (χ1v) is 8.93. The molecule has 0 aromatic heterocycles. The van der Waals surface area contributed by atoms with Crippen LogP contribution in [0.25, 0.3) is 0 Å². The Labute approximate surface area is 140 Å². The fraction of sp³-hybridized carbons (Fsp3) is 0.636. The minimum Gasteiger partial charge on any atom is -0.0856 e. The molecule has 0 spiro atoms. The molecule has 0 nitrogen and oxygen atoms in total. The smallest absolute Gasteiger partial charge is 0.0288 e. The molecule has 0 atom stereocenters. The van der Waals surface area contributed by atoms with E-state index in [2.05, 4.69) is 72.8 Å². The molecule has 22 heavy (non-hydrogen) atoms. The molecule has 0 saturated heterocycles. The zero-order chi connectivity index (χ0) is 17.0. The fourth-order valence-corrected chi connectivity index (χ4v) is 2.54. The summed E-state index contributed by atoms with van der Waals surface area (Å²) in [6.07, 6.45) is 16.7. The summed E-state index contributed by atoms with van der Waals surface area (Å²) in [6, 6.07) is 0. The Bertz CT molecular complexity index is 409. The quantitative estimate of drug-likeness (QED) is 0.361. The summed E-state index contributed by atoms with van der Waals surface area (Å²) < 4.78 is 0. The topological polar surface area (TPSA) is 0 Å². The number of hydrogen-bond acceptors (Lipinski definition) is 0. The first kappa shape index (κ1) is 21.0. The number of allylic oxidation sites excluding steroid dienone is 8. The maximum absolute atomic E-state index is 2.42. The van der Waals surface area contributed by atoms with E-state index in [4.69, 9.17) is 0 Å². The van der Waals surface area contributed by atoms with E-state index in [1.807, 2.05) is 0 Å². The van der Waals surface area contributed by atoms with E-state index in [1.165, 1.54) is 60.8 Å². The van der Waals surface area contributed by atoms with Crippen LogP contribution in [0.4, 0.5) is 0 Å². The van der Waals surface area contributed by atoms with Crippen LogP contribution >= 0.6 is 0 Å². The van der Waals surface area contributed by atoms with Crippen LogP contribution < -0.4 is 0 Å². The predicted octanol–water partition coefficient (Wildman–Crippen LogP) is 7.79. The van der Waals surface area contributed by atoms with Gasteiger partial charge < -0.3 is 0 Å². The van der Waals surface area contributed by atoms with Crippen molar-refractivity contribution in [2.75, 3.05) is 0 Å².